The summed E-state index contributed by atoms with van der Waals surface area (Å²) in [7, 11) is 0. The molecule has 2 aliphatic rings. The predicted molar refractivity (Wildman–Crippen MR) is 83.2 cm³/mol. The molecule has 2 nitrogen and oxygen atoms in total. The van der Waals surface area contributed by atoms with Gasteiger partial charge in [0.1, 0.15) is 6.61 Å². The van der Waals surface area contributed by atoms with Crippen molar-refractivity contribution in [2.75, 3.05) is 13.1 Å². The molecular weight excluding hydrogens is 266 g/mol. The Morgan fingerprint density at radius 3 is 2.75 bits per heavy atom. The lowest BCUT2D eigenvalue weighted by atomic mass is 9.88. The van der Waals surface area contributed by atoms with Crippen molar-refractivity contribution in [1.82, 2.24) is 5.32 Å². The molecule has 3 heteroatoms. The summed E-state index contributed by atoms with van der Waals surface area (Å²) in [5.74, 6) is 0. The third-order valence-corrected chi connectivity index (χ3v) is 4.93. The van der Waals surface area contributed by atoms with E-state index in [0.717, 1.165) is 31.0 Å². The Balaban J connectivity index is 1.96. The van der Waals surface area contributed by atoms with E-state index in [0.29, 0.717) is 6.61 Å². The fourth-order valence-corrected chi connectivity index (χ4v) is 3.88. The van der Waals surface area contributed by atoms with Gasteiger partial charge in [-0.15, -0.1) is 11.3 Å². The first kappa shape index (κ1) is 12.2. The molecule has 0 spiro atoms. The van der Waals surface area contributed by atoms with Gasteiger partial charge >= 0.3 is 0 Å². The summed E-state index contributed by atoms with van der Waals surface area (Å²) in [5, 5.41) is 6.66. The maximum atomic E-state index is 6.00. The zero-order valence-electron chi connectivity index (χ0n) is 11.3. The Morgan fingerprint density at radius 2 is 1.85 bits per heavy atom. The zero-order chi connectivity index (χ0) is 13.4. The summed E-state index contributed by atoms with van der Waals surface area (Å²) in [6, 6.07) is 10.9. The molecule has 20 heavy (non-hydrogen) atoms. The first-order valence-corrected chi connectivity index (χ1v) is 8.03. The van der Waals surface area contributed by atoms with Crippen LogP contribution in [0.25, 0.3) is 5.57 Å². The quantitative estimate of drug-likeness (QED) is 0.793. The van der Waals surface area contributed by atoms with Crippen molar-refractivity contribution in [3.05, 3.63) is 58.0 Å². The molecule has 2 aromatic rings. The monoisotopic (exact) mass is 283 g/mol. The van der Waals surface area contributed by atoms with Gasteiger partial charge in [0.05, 0.1) is 0 Å². The second-order valence-electron chi connectivity index (χ2n) is 5.30. The normalized spacial score (nSPS) is 18.0. The molecule has 0 radical (unpaired) electrons. The number of thiophene rings is 1. The lowest BCUT2D eigenvalue weighted by molar-refractivity contribution is 0.316. The molecule has 3 heterocycles. The van der Waals surface area contributed by atoms with Crippen LogP contribution in [0.3, 0.4) is 0 Å². The summed E-state index contributed by atoms with van der Waals surface area (Å²) in [6.45, 7) is 2.85. The molecular formula is C17H17NOS. The van der Waals surface area contributed by atoms with Crippen molar-refractivity contribution in [2.24, 2.45) is 0 Å². The lowest BCUT2D eigenvalue weighted by Gasteiger charge is -2.20. The van der Waals surface area contributed by atoms with Crippen LogP contribution in [0.2, 0.25) is 0 Å². The highest BCUT2D eigenvalue weighted by molar-refractivity contribution is 7.12. The van der Waals surface area contributed by atoms with Crippen molar-refractivity contribution in [3.8, 4) is 5.06 Å². The highest BCUT2D eigenvalue weighted by Gasteiger charge is 2.23. The molecule has 0 unspecified atom stereocenters. The first-order chi connectivity index (χ1) is 9.93. The fourth-order valence-electron chi connectivity index (χ4n) is 3.13. The minimum absolute atomic E-state index is 0.679. The Bertz CT molecular complexity index is 663. The molecule has 2 aliphatic heterocycles. The second-order valence-corrected chi connectivity index (χ2v) is 6.17. The number of hydrogen-bond donors (Lipinski definition) is 1. The topological polar surface area (TPSA) is 21.3 Å². The number of benzene rings is 1. The largest absolute Gasteiger partial charge is 0.479 e. The van der Waals surface area contributed by atoms with Gasteiger partial charge in [-0.25, -0.2) is 0 Å². The van der Waals surface area contributed by atoms with Gasteiger partial charge in [-0.2, -0.15) is 0 Å². The first-order valence-electron chi connectivity index (χ1n) is 7.15. The van der Waals surface area contributed by atoms with Gasteiger partial charge in [-0.3, -0.25) is 0 Å². The Morgan fingerprint density at radius 1 is 1.00 bits per heavy atom. The maximum absolute atomic E-state index is 6.00. The van der Waals surface area contributed by atoms with E-state index in [1.165, 1.54) is 22.3 Å². The molecule has 4 rings (SSSR count). The number of piperidine rings is 1. The summed E-state index contributed by atoms with van der Waals surface area (Å²) >= 11 is 1.71. The van der Waals surface area contributed by atoms with Crippen LogP contribution < -0.4 is 10.1 Å². The summed E-state index contributed by atoms with van der Waals surface area (Å²) < 4.78 is 6.00. The molecule has 1 N–H and O–H groups in total. The smallest absolute Gasteiger partial charge is 0.182 e. The number of fused-ring (bicyclic) bond motifs is 2. The second kappa shape index (κ2) is 5.08. The molecule has 0 atom stereocenters. The SMILES string of the molecule is c1ccc2c(c1)COc1sccc1C2=C1CCNCC1. The van der Waals surface area contributed by atoms with Gasteiger partial charge in [0.25, 0.3) is 0 Å². The van der Waals surface area contributed by atoms with Crippen molar-refractivity contribution >= 4 is 16.9 Å². The molecule has 102 valence electrons. The van der Waals surface area contributed by atoms with Gasteiger partial charge in [0.15, 0.2) is 5.06 Å². The summed E-state index contributed by atoms with van der Waals surface area (Å²) in [5.41, 5.74) is 6.95. The van der Waals surface area contributed by atoms with E-state index in [4.69, 9.17) is 4.74 Å². The van der Waals surface area contributed by atoms with Crippen LogP contribution in [-0.2, 0) is 6.61 Å². The minimum atomic E-state index is 0.679. The third kappa shape index (κ3) is 1.98. The van der Waals surface area contributed by atoms with Crippen molar-refractivity contribution in [1.29, 1.82) is 0 Å². The van der Waals surface area contributed by atoms with E-state index in [-0.39, 0.29) is 0 Å². The number of rotatable bonds is 0. The standard InChI is InChI=1S/C17H17NOS/c1-2-4-14-13(3-1)11-19-17-15(7-10-20-17)16(14)12-5-8-18-9-6-12/h1-4,7,10,18H,5-6,8-9,11H2. The summed E-state index contributed by atoms with van der Waals surface area (Å²) in [4.78, 5) is 0. The van der Waals surface area contributed by atoms with Crippen LogP contribution in [0, 0.1) is 0 Å². The average molecular weight is 283 g/mol. The Labute approximate surface area is 123 Å². The van der Waals surface area contributed by atoms with Crippen molar-refractivity contribution in [2.45, 2.75) is 19.4 Å². The molecule has 1 fully saturated rings. The van der Waals surface area contributed by atoms with E-state index in [1.807, 2.05) is 0 Å². The average Bonchev–Trinajstić information content (AvgIpc) is 2.90. The van der Waals surface area contributed by atoms with Crippen LogP contribution in [0.15, 0.2) is 41.3 Å². The van der Waals surface area contributed by atoms with Crippen LogP contribution in [0.1, 0.15) is 29.5 Å². The Kier molecular flexibility index (Phi) is 3.09. The van der Waals surface area contributed by atoms with Crippen LogP contribution in [0.5, 0.6) is 5.06 Å². The van der Waals surface area contributed by atoms with E-state index in [2.05, 4.69) is 41.0 Å². The van der Waals surface area contributed by atoms with E-state index < -0.39 is 0 Å². The fraction of sp³-hybridized carbons (Fsp3) is 0.294. The molecule has 0 amide bonds. The molecule has 0 saturated carbocycles. The molecule has 0 bridgehead atoms. The van der Waals surface area contributed by atoms with Gasteiger partial charge in [-0.05, 0) is 54.1 Å². The van der Waals surface area contributed by atoms with Crippen molar-refractivity contribution < 1.29 is 4.74 Å². The molecule has 1 aromatic heterocycles. The Hall–Kier alpha value is -1.58. The summed E-state index contributed by atoms with van der Waals surface area (Å²) in [6.07, 6.45) is 2.28. The number of hydrogen-bond acceptors (Lipinski definition) is 3. The maximum Gasteiger partial charge on any atom is 0.182 e. The van der Waals surface area contributed by atoms with Crippen LogP contribution in [-0.4, -0.2) is 13.1 Å². The predicted octanol–water partition coefficient (Wildman–Crippen LogP) is 3.83. The van der Waals surface area contributed by atoms with E-state index in [1.54, 1.807) is 16.9 Å². The zero-order valence-corrected chi connectivity index (χ0v) is 12.1. The van der Waals surface area contributed by atoms with E-state index >= 15 is 0 Å². The lowest BCUT2D eigenvalue weighted by Crippen LogP contribution is -2.23. The van der Waals surface area contributed by atoms with Crippen LogP contribution in [0.4, 0.5) is 0 Å². The molecule has 1 aromatic carbocycles. The highest BCUT2D eigenvalue weighted by Crippen LogP contribution is 2.42. The minimum Gasteiger partial charge on any atom is -0.479 e. The van der Waals surface area contributed by atoms with Gasteiger partial charge in [-0.1, -0.05) is 29.8 Å². The van der Waals surface area contributed by atoms with Crippen molar-refractivity contribution in [3.63, 3.8) is 0 Å². The third-order valence-electron chi connectivity index (χ3n) is 4.11. The van der Waals surface area contributed by atoms with E-state index in [9.17, 15) is 0 Å². The van der Waals surface area contributed by atoms with Gasteiger partial charge in [0.2, 0.25) is 0 Å². The number of nitrogens with one attached hydrogen (secondary N) is 1. The molecule has 0 aliphatic carbocycles. The molecule has 1 saturated heterocycles. The van der Waals surface area contributed by atoms with Crippen LogP contribution >= 0.6 is 11.3 Å². The van der Waals surface area contributed by atoms with Gasteiger partial charge < -0.3 is 10.1 Å². The number of ether oxygens (including phenoxy) is 1. The highest BCUT2D eigenvalue weighted by atomic mass is 32.1. The van der Waals surface area contributed by atoms with Gasteiger partial charge in [0, 0.05) is 5.56 Å².